The number of halogens is 2. The number of hydrogen-bond donors (Lipinski definition) is 2. The van der Waals surface area contributed by atoms with Gasteiger partial charge in [-0.1, -0.05) is 23.2 Å². The molecule has 1 fully saturated rings. The number of carbonyl (C=O) groups is 3. The lowest BCUT2D eigenvalue weighted by Gasteiger charge is -2.38. The summed E-state index contributed by atoms with van der Waals surface area (Å²) < 4.78 is 4.71. The van der Waals surface area contributed by atoms with Crippen LogP contribution in [0.5, 0.6) is 0 Å². The topological polar surface area (TPSA) is 108 Å². The van der Waals surface area contributed by atoms with Gasteiger partial charge in [0.15, 0.2) is 22.4 Å². The molecule has 1 saturated heterocycles. The van der Waals surface area contributed by atoms with Crippen LogP contribution in [0.25, 0.3) is 0 Å². The molecule has 2 rings (SSSR count). The van der Waals surface area contributed by atoms with E-state index in [9.17, 15) is 19.6 Å². The van der Waals surface area contributed by atoms with Crippen LogP contribution in [0.4, 0.5) is 0 Å². The maximum atomic E-state index is 12.6. The Labute approximate surface area is 158 Å². The molecule has 0 unspecified atom stereocenters. The van der Waals surface area contributed by atoms with E-state index in [1.54, 1.807) is 6.07 Å². The largest absolute Gasteiger partial charge is 0.467 e. The zero-order chi connectivity index (χ0) is 18.8. The van der Waals surface area contributed by atoms with Crippen molar-refractivity contribution < 1.29 is 19.1 Å². The minimum Gasteiger partial charge on any atom is -0.467 e. The molecular weight excluding hydrogens is 389 g/mol. The van der Waals surface area contributed by atoms with Gasteiger partial charge in [-0.25, -0.2) is 4.79 Å². The van der Waals surface area contributed by atoms with Crippen LogP contribution in [-0.4, -0.2) is 35.4 Å². The summed E-state index contributed by atoms with van der Waals surface area (Å²) in [6.07, 6.45) is -0.538. The summed E-state index contributed by atoms with van der Waals surface area (Å²) in [5.74, 6) is -3.81. The lowest BCUT2D eigenvalue weighted by molar-refractivity contribution is -0.152. The Hall–Kier alpha value is -2.21. The van der Waals surface area contributed by atoms with Gasteiger partial charge < -0.3 is 15.4 Å². The van der Waals surface area contributed by atoms with Crippen molar-refractivity contribution in [3.63, 3.8) is 0 Å². The molecule has 1 amide bonds. The zero-order valence-corrected chi connectivity index (χ0v) is 15.1. The number of carbonyl (C=O) groups excluding carboxylic acids is 3. The van der Waals surface area contributed by atoms with E-state index in [4.69, 9.17) is 40.2 Å². The second-order valence-electron chi connectivity index (χ2n) is 5.20. The Morgan fingerprint density at radius 3 is 2.64 bits per heavy atom. The molecular formula is C15H11Cl2N3O4S. The lowest BCUT2D eigenvalue weighted by atomic mass is 9.77. The van der Waals surface area contributed by atoms with Crippen LogP contribution in [0.15, 0.2) is 18.2 Å². The predicted molar refractivity (Wildman–Crippen MR) is 93.1 cm³/mol. The molecule has 2 atom stereocenters. The second kappa shape index (κ2) is 7.35. The SMILES string of the molecule is COC(=O)[C@]1(CC(=O)c2ccc(Cl)c(Cl)c2)NC(=S)NC(=O)[C@H]1C#N. The molecule has 25 heavy (non-hydrogen) atoms. The molecule has 2 N–H and O–H groups in total. The van der Waals surface area contributed by atoms with Gasteiger partial charge in [0, 0.05) is 12.0 Å². The van der Waals surface area contributed by atoms with Gasteiger partial charge in [0.05, 0.1) is 23.2 Å². The lowest BCUT2D eigenvalue weighted by Crippen LogP contribution is -2.70. The van der Waals surface area contributed by atoms with Crippen LogP contribution in [0, 0.1) is 17.2 Å². The number of nitrogens with zero attached hydrogens (tertiary/aromatic N) is 1. The van der Waals surface area contributed by atoms with Gasteiger partial charge in [-0.3, -0.25) is 9.59 Å². The van der Waals surface area contributed by atoms with Crippen LogP contribution < -0.4 is 10.6 Å². The molecule has 0 saturated carbocycles. The van der Waals surface area contributed by atoms with E-state index >= 15 is 0 Å². The van der Waals surface area contributed by atoms with Gasteiger partial charge >= 0.3 is 5.97 Å². The van der Waals surface area contributed by atoms with Gasteiger partial charge in [0.1, 0.15) is 0 Å². The number of esters is 1. The highest BCUT2D eigenvalue weighted by molar-refractivity contribution is 7.80. The van der Waals surface area contributed by atoms with E-state index in [1.807, 2.05) is 0 Å². The predicted octanol–water partition coefficient (Wildman–Crippen LogP) is 1.62. The highest BCUT2D eigenvalue weighted by Crippen LogP contribution is 2.30. The Balaban J connectivity index is 2.46. The fourth-order valence-electron chi connectivity index (χ4n) is 2.48. The molecule has 1 heterocycles. The van der Waals surface area contributed by atoms with E-state index < -0.39 is 35.5 Å². The van der Waals surface area contributed by atoms with Gasteiger partial charge in [0.2, 0.25) is 5.91 Å². The summed E-state index contributed by atoms with van der Waals surface area (Å²) in [5, 5.41) is 14.4. The number of nitrogens with one attached hydrogen (secondary N) is 2. The van der Waals surface area contributed by atoms with Crippen LogP contribution in [-0.2, 0) is 14.3 Å². The van der Waals surface area contributed by atoms with Crippen molar-refractivity contribution in [3.8, 4) is 6.07 Å². The van der Waals surface area contributed by atoms with Crippen molar-refractivity contribution in [2.45, 2.75) is 12.0 Å². The first-order chi connectivity index (χ1) is 11.7. The van der Waals surface area contributed by atoms with Gasteiger partial charge in [0.25, 0.3) is 0 Å². The summed E-state index contributed by atoms with van der Waals surface area (Å²) in [5.41, 5.74) is -1.78. The smallest absolute Gasteiger partial charge is 0.334 e. The van der Waals surface area contributed by atoms with E-state index in [0.717, 1.165) is 7.11 Å². The fraction of sp³-hybridized carbons (Fsp3) is 0.267. The number of nitriles is 1. The van der Waals surface area contributed by atoms with Crippen molar-refractivity contribution in [3.05, 3.63) is 33.8 Å². The normalized spacial score (nSPS) is 22.4. The van der Waals surface area contributed by atoms with Crippen molar-refractivity contribution in [2.24, 2.45) is 5.92 Å². The summed E-state index contributed by atoms with van der Waals surface area (Å²) in [4.78, 5) is 37.1. The highest BCUT2D eigenvalue weighted by Gasteiger charge is 2.55. The summed E-state index contributed by atoms with van der Waals surface area (Å²) in [6, 6.07) is 5.90. The zero-order valence-electron chi connectivity index (χ0n) is 12.8. The molecule has 0 aromatic heterocycles. The Bertz CT molecular complexity index is 823. The van der Waals surface area contributed by atoms with Crippen molar-refractivity contribution in [2.75, 3.05) is 7.11 Å². The van der Waals surface area contributed by atoms with Crippen LogP contribution in [0.1, 0.15) is 16.8 Å². The van der Waals surface area contributed by atoms with Gasteiger partial charge in [-0.15, -0.1) is 0 Å². The average molecular weight is 400 g/mol. The van der Waals surface area contributed by atoms with Crippen molar-refractivity contribution in [1.29, 1.82) is 5.26 Å². The van der Waals surface area contributed by atoms with E-state index in [2.05, 4.69) is 10.6 Å². The fourth-order valence-corrected chi connectivity index (χ4v) is 3.06. The molecule has 1 aromatic carbocycles. The molecule has 10 heteroatoms. The second-order valence-corrected chi connectivity index (χ2v) is 6.42. The van der Waals surface area contributed by atoms with Crippen LogP contribution >= 0.6 is 35.4 Å². The number of benzene rings is 1. The van der Waals surface area contributed by atoms with Crippen molar-refractivity contribution in [1.82, 2.24) is 10.6 Å². The maximum Gasteiger partial charge on any atom is 0.334 e. The standard InChI is InChI=1S/C15H11Cl2N3O4S/c1-24-13(23)15(8(6-18)12(22)19-14(25)20-15)5-11(21)7-2-3-9(16)10(17)4-7/h2-4,8H,5H2,1H3,(H2,19,20,22,25)/t8-,15-/m1/s1. The number of ketones is 1. The van der Waals surface area contributed by atoms with E-state index in [1.165, 1.54) is 18.2 Å². The molecule has 0 aliphatic carbocycles. The van der Waals surface area contributed by atoms with E-state index in [-0.39, 0.29) is 20.7 Å². The van der Waals surface area contributed by atoms with Gasteiger partial charge in [-0.2, -0.15) is 5.26 Å². The van der Waals surface area contributed by atoms with Crippen LogP contribution in [0.3, 0.4) is 0 Å². The molecule has 0 bridgehead atoms. The molecule has 130 valence electrons. The minimum absolute atomic E-state index is 0.154. The quantitative estimate of drug-likeness (QED) is 0.449. The first kappa shape index (κ1) is 19.1. The summed E-state index contributed by atoms with van der Waals surface area (Å²) >= 11 is 16.6. The third-order valence-corrected chi connectivity index (χ3v) is 4.63. The number of ether oxygens (including phenoxy) is 1. The van der Waals surface area contributed by atoms with E-state index in [0.29, 0.717) is 0 Å². The average Bonchev–Trinajstić information content (AvgIpc) is 2.55. The number of hydrogen-bond acceptors (Lipinski definition) is 6. The highest BCUT2D eigenvalue weighted by atomic mass is 35.5. The molecule has 1 aliphatic heterocycles. The molecule has 0 spiro atoms. The number of amides is 1. The molecule has 1 aromatic rings. The third kappa shape index (κ3) is 3.58. The first-order valence-electron chi connectivity index (χ1n) is 6.84. The molecule has 1 aliphatic rings. The number of methoxy groups -OCH3 is 1. The van der Waals surface area contributed by atoms with Gasteiger partial charge in [-0.05, 0) is 30.4 Å². The Morgan fingerprint density at radius 2 is 2.08 bits per heavy atom. The summed E-state index contributed by atoms with van der Waals surface area (Å²) in [7, 11) is 1.08. The van der Waals surface area contributed by atoms with Crippen molar-refractivity contribution >= 4 is 58.2 Å². The Kier molecular flexibility index (Phi) is 5.62. The third-order valence-electron chi connectivity index (χ3n) is 3.69. The Morgan fingerprint density at radius 1 is 1.40 bits per heavy atom. The maximum absolute atomic E-state index is 12.6. The monoisotopic (exact) mass is 399 g/mol. The van der Waals surface area contributed by atoms with Crippen LogP contribution in [0.2, 0.25) is 10.0 Å². The first-order valence-corrected chi connectivity index (χ1v) is 8.01. The minimum atomic E-state index is -1.94. The number of rotatable bonds is 4. The molecule has 7 nitrogen and oxygen atoms in total. The number of Topliss-reactive ketones (excluding diaryl/α,β-unsaturated/α-hetero) is 1. The number of thiocarbonyl (C=S) groups is 1. The molecule has 0 radical (unpaired) electrons. The summed E-state index contributed by atoms with van der Waals surface area (Å²) in [6.45, 7) is 0.